The fraction of sp³-hybridized carbons (Fsp3) is 0.276. The van der Waals surface area contributed by atoms with Crippen LogP contribution in [0.5, 0.6) is 0 Å². The van der Waals surface area contributed by atoms with Crippen LogP contribution in [0.4, 0.5) is 11.4 Å². The molecule has 4 rings (SSSR count). The minimum absolute atomic E-state index is 0.0858. The molecule has 36 heavy (non-hydrogen) atoms. The first-order valence-corrected chi connectivity index (χ1v) is 12.1. The van der Waals surface area contributed by atoms with Gasteiger partial charge in [-0.2, -0.15) is 0 Å². The molecule has 0 radical (unpaired) electrons. The number of nitrogens with two attached hydrogens (primary N) is 1. The van der Waals surface area contributed by atoms with E-state index in [4.69, 9.17) is 5.73 Å². The predicted octanol–water partition coefficient (Wildman–Crippen LogP) is 4.44. The number of anilines is 2. The first-order chi connectivity index (χ1) is 17.2. The molecule has 3 aromatic carbocycles. The number of hydrogen-bond acceptors (Lipinski definition) is 4. The van der Waals surface area contributed by atoms with Gasteiger partial charge in [0.2, 0.25) is 5.91 Å². The zero-order valence-electron chi connectivity index (χ0n) is 20.9. The summed E-state index contributed by atoms with van der Waals surface area (Å²) >= 11 is 0. The summed E-state index contributed by atoms with van der Waals surface area (Å²) in [4.78, 5) is 41.4. The normalized spacial score (nSPS) is 15.5. The molecule has 0 aliphatic carbocycles. The summed E-state index contributed by atoms with van der Waals surface area (Å²) in [6, 6.07) is 21.4. The Hall–Kier alpha value is -3.97. The van der Waals surface area contributed by atoms with Crippen LogP contribution >= 0.6 is 0 Å². The van der Waals surface area contributed by atoms with Crippen LogP contribution in [0.2, 0.25) is 0 Å². The second kappa shape index (κ2) is 10.3. The summed E-state index contributed by atoms with van der Waals surface area (Å²) in [6.45, 7) is 6.77. The highest BCUT2D eigenvalue weighted by molar-refractivity contribution is 6.12. The van der Waals surface area contributed by atoms with Gasteiger partial charge in [0.1, 0.15) is 0 Å². The molecule has 4 N–H and O–H groups in total. The van der Waals surface area contributed by atoms with Gasteiger partial charge in [0.05, 0.1) is 23.8 Å². The highest BCUT2D eigenvalue weighted by Crippen LogP contribution is 2.39. The molecule has 0 bridgehead atoms. The smallest absolute Gasteiger partial charge is 0.258 e. The summed E-state index contributed by atoms with van der Waals surface area (Å²) in [6.07, 6.45) is 0.0858. The van der Waals surface area contributed by atoms with E-state index in [1.54, 1.807) is 35.2 Å². The van der Waals surface area contributed by atoms with Crippen molar-refractivity contribution in [2.24, 2.45) is 11.1 Å². The van der Waals surface area contributed by atoms with E-state index in [1.165, 1.54) is 0 Å². The molecule has 1 heterocycles. The maximum atomic E-state index is 13.9. The van der Waals surface area contributed by atoms with Gasteiger partial charge in [-0.05, 0) is 54.8 Å². The third kappa shape index (κ3) is 5.47. The van der Waals surface area contributed by atoms with E-state index in [-0.39, 0.29) is 29.6 Å². The molecule has 0 fully saturated rings. The molecule has 0 saturated carbocycles. The van der Waals surface area contributed by atoms with Gasteiger partial charge in [-0.15, -0.1) is 0 Å². The molecule has 0 saturated heterocycles. The van der Waals surface area contributed by atoms with Gasteiger partial charge in [0.15, 0.2) is 0 Å². The van der Waals surface area contributed by atoms with Crippen LogP contribution in [0.3, 0.4) is 0 Å². The van der Waals surface area contributed by atoms with Gasteiger partial charge in [-0.25, -0.2) is 0 Å². The fourth-order valence-electron chi connectivity index (χ4n) is 4.15. The van der Waals surface area contributed by atoms with Crippen LogP contribution in [-0.2, 0) is 4.79 Å². The predicted molar refractivity (Wildman–Crippen MR) is 142 cm³/mol. The Morgan fingerprint density at radius 3 is 2.36 bits per heavy atom. The minimum Gasteiger partial charge on any atom is -0.351 e. The third-order valence-corrected chi connectivity index (χ3v) is 6.46. The van der Waals surface area contributed by atoms with E-state index < -0.39 is 6.04 Å². The van der Waals surface area contributed by atoms with Crippen LogP contribution in [0, 0.1) is 12.3 Å². The van der Waals surface area contributed by atoms with E-state index in [2.05, 4.69) is 10.6 Å². The molecule has 1 unspecified atom stereocenters. The lowest BCUT2D eigenvalue weighted by atomic mass is 9.94. The van der Waals surface area contributed by atoms with Crippen molar-refractivity contribution in [2.75, 3.05) is 23.3 Å². The van der Waals surface area contributed by atoms with Crippen molar-refractivity contribution in [1.29, 1.82) is 0 Å². The summed E-state index contributed by atoms with van der Waals surface area (Å²) in [5.41, 5.74) is 9.32. The van der Waals surface area contributed by atoms with Gasteiger partial charge < -0.3 is 16.4 Å². The number of amides is 3. The molecular weight excluding hydrogens is 452 g/mol. The third-order valence-electron chi connectivity index (χ3n) is 6.46. The second-order valence-corrected chi connectivity index (χ2v) is 10.0. The van der Waals surface area contributed by atoms with E-state index in [9.17, 15) is 14.4 Å². The maximum Gasteiger partial charge on any atom is 0.258 e. The summed E-state index contributed by atoms with van der Waals surface area (Å²) in [7, 11) is 0. The van der Waals surface area contributed by atoms with Crippen molar-refractivity contribution in [3.63, 3.8) is 0 Å². The minimum atomic E-state index is -0.508. The van der Waals surface area contributed by atoms with Gasteiger partial charge in [-0.3, -0.25) is 19.3 Å². The molecule has 186 valence electrons. The number of fused-ring (bicyclic) bond motifs is 1. The molecule has 1 aliphatic rings. The topological polar surface area (TPSA) is 105 Å². The quantitative estimate of drug-likeness (QED) is 0.481. The van der Waals surface area contributed by atoms with Gasteiger partial charge in [0, 0.05) is 17.7 Å². The van der Waals surface area contributed by atoms with E-state index in [0.717, 1.165) is 11.1 Å². The molecule has 3 amide bonds. The highest BCUT2D eigenvalue weighted by atomic mass is 16.2. The average Bonchev–Trinajstić information content (AvgIpc) is 3.03. The molecule has 7 heteroatoms. The van der Waals surface area contributed by atoms with E-state index >= 15 is 0 Å². The number of hydrogen-bond donors (Lipinski definition) is 3. The number of carbonyl (C=O) groups is 3. The summed E-state index contributed by atoms with van der Waals surface area (Å²) in [5, 5.41) is 5.82. The van der Waals surface area contributed by atoms with Crippen LogP contribution in [0.25, 0.3) is 0 Å². The molecule has 7 nitrogen and oxygen atoms in total. The number of nitrogens with one attached hydrogen (secondary N) is 2. The van der Waals surface area contributed by atoms with Gasteiger partial charge in [0.25, 0.3) is 11.8 Å². The molecule has 1 atom stereocenters. The number of nitrogens with zero attached hydrogens (tertiary/aromatic N) is 1. The fourth-order valence-corrected chi connectivity index (χ4v) is 4.15. The van der Waals surface area contributed by atoms with Crippen molar-refractivity contribution in [3.8, 4) is 0 Å². The Labute approximate surface area is 211 Å². The van der Waals surface area contributed by atoms with E-state index in [1.807, 2.05) is 63.2 Å². The lowest BCUT2D eigenvalue weighted by molar-refractivity contribution is -0.116. The second-order valence-electron chi connectivity index (χ2n) is 10.0. The van der Waals surface area contributed by atoms with Crippen molar-refractivity contribution >= 4 is 29.1 Å². The lowest BCUT2D eigenvalue weighted by Gasteiger charge is -2.31. The zero-order chi connectivity index (χ0) is 25.9. The maximum absolute atomic E-state index is 13.9. The van der Waals surface area contributed by atoms with Crippen LogP contribution in [0.15, 0.2) is 72.8 Å². The van der Waals surface area contributed by atoms with E-state index in [0.29, 0.717) is 35.6 Å². The summed E-state index contributed by atoms with van der Waals surface area (Å²) in [5.74, 6) is -0.719. The van der Waals surface area contributed by atoms with Gasteiger partial charge >= 0.3 is 0 Å². The molecule has 0 spiro atoms. The summed E-state index contributed by atoms with van der Waals surface area (Å²) < 4.78 is 0. The Morgan fingerprint density at radius 1 is 1.03 bits per heavy atom. The lowest BCUT2D eigenvalue weighted by Crippen LogP contribution is -2.38. The number of benzene rings is 3. The largest absolute Gasteiger partial charge is 0.351 e. The Bertz CT molecular complexity index is 1270. The first-order valence-electron chi connectivity index (χ1n) is 12.1. The molecule has 1 aliphatic heterocycles. The highest BCUT2D eigenvalue weighted by Gasteiger charge is 2.34. The van der Waals surface area contributed by atoms with Crippen LogP contribution in [0.1, 0.15) is 58.2 Å². The average molecular weight is 485 g/mol. The monoisotopic (exact) mass is 484 g/mol. The number of rotatable bonds is 6. The standard InChI is InChI=1S/C29H32N4O3/c1-19-9-11-21(12-10-19)28(36)33-24-14-13-22(27(35)31-18-29(2,3)17-30)15-23(24)32-26(34)16-25(33)20-7-5-4-6-8-20/h4-15,25H,16-18,30H2,1-3H3,(H,31,35)(H,32,34). The first kappa shape index (κ1) is 25.1. The molecular formula is C29H32N4O3. The number of carbonyl (C=O) groups excluding carboxylic acids is 3. The zero-order valence-corrected chi connectivity index (χ0v) is 20.9. The Balaban J connectivity index is 1.76. The Morgan fingerprint density at radius 2 is 1.69 bits per heavy atom. The van der Waals surface area contributed by atoms with Crippen LogP contribution < -0.4 is 21.3 Å². The Kier molecular flexibility index (Phi) is 7.22. The van der Waals surface area contributed by atoms with Crippen LogP contribution in [-0.4, -0.2) is 30.8 Å². The molecule has 0 aromatic heterocycles. The van der Waals surface area contributed by atoms with Crippen molar-refractivity contribution in [2.45, 2.75) is 33.2 Å². The van der Waals surface area contributed by atoms with Crippen molar-refractivity contribution < 1.29 is 14.4 Å². The van der Waals surface area contributed by atoms with Crippen molar-refractivity contribution in [3.05, 3.63) is 95.1 Å². The molecule has 3 aromatic rings. The SMILES string of the molecule is Cc1ccc(C(=O)N2c3ccc(C(=O)NCC(C)(C)CN)cc3NC(=O)CC2c2ccccc2)cc1. The van der Waals surface area contributed by atoms with Crippen molar-refractivity contribution in [1.82, 2.24) is 5.32 Å². The number of aryl methyl sites for hydroxylation is 1. The van der Waals surface area contributed by atoms with Gasteiger partial charge in [-0.1, -0.05) is 61.9 Å².